The molecule has 4 N–H and O–H groups in total. The van der Waals surface area contributed by atoms with E-state index in [1.807, 2.05) is 20.8 Å². The number of hydrogen-bond donors (Lipinski definition) is 3. The average Bonchev–Trinajstić information content (AvgIpc) is 2.38. The van der Waals surface area contributed by atoms with Crippen molar-refractivity contribution >= 4 is 17.6 Å². The lowest BCUT2D eigenvalue weighted by atomic mass is 10.0. The Morgan fingerprint density at radius 3 is 2.30 bits per heavy atom. The van der Waals surface area contributed by atoms with Gasteiger partial charge in [0.1, 0.15) is 11.8 Å². The van der Waals surface area contributed by atoms with E-state index in [9.17, 15) is 9.59 Å². The number of carbonyl (C=O) groups is 2. The van der Waals surface area contributed by atoms with Crippen molar-refractivity contribution in [1.29, 1.82) is 0 Å². The highest BCUT2D eigenvalue weighted by molar-refractivity contribution is 5.97. The summed E-state index contributed by atoms with van der Waals surface area (Å²) in [6.07, 6.45) is 0. The van der Waals surface area contributed by atoms with Crippen LogP contribution in [0.2, 0.25) is 0 Å². The summed E-state index contributed by atoms with van der Waals surface area (Å²) in [5.41, 5.74) is 5.70. The molecule has 1 aromatic carbocycles. The maximum absolute atomic E-state index is 12.1. The van der Waals surface area contributed by atoms with E-state index in [1.54, 1.807) is 24.3 Å². The highest BCUT2D eigenvalue weighted by Crippen LogP contribution is 2.16. The van der Waals surface area contributed by atoms with Crippen LogP contribution in [0.15, 0.2) is 24.3 Å². The lowest BCUT2D eigenvalue weighted by Gasteiger charge is -2.20. The van der Waals surface area contributed by atoms with Crippen molar-refractivity contribution in [3.63, 3.8) is 0 Å². The molecule has 0 saturated carbocycles. The van der Waals surface area contributed by atoms with E-state index in [2.05, 4.69) is 10.6 Å². The van der Waals surface area contributed by atoms with Gasteiger partial charge < -0.3 is 21.1 Å². The maximum Gasteiger partial charge on any atom is 0.312 e. The van der Waals surface area contributed by atoms with Crippen molar-refractivity contribution < 1.29 is 14.3 Å². The lowest BCUT2D eigenvalue weighted by Crippen LogP contribution is -2.49. The molecule has 0 saturated heterocycles. The number of primary amides is 1. The quantitative estimate of drug-likeness (QED) is 0.740. The number of carbonyl (C=O) groups excluding carboxylic acids is 2. The first-order valence-corrected chi connectivity index (χ1v) is 6.53. The molecule has 0 unspecified atom stereocenters. The molecule has 1 atom stereocenters. The molecule has 20 heavy (non-hydrogen) atoms. The first-order chi connectivity index (χ1) is 9.43. The topological polar surface area (TPSA) is 93.4 Å². The molecule has 0 bridgehead atoms. The minimum absolute atomic E-state index is 0.0646. The summed E-state index contributed by atoms with van der Waals surface area (Å²) in [7, 11) is 0. The minimum Gasteiger partial charge on any atom is -0.494 e. The van der Waals surface area contributed by atoms with Crippen LogP contribution in [-0.2, 0) is 4.79 Å². The van der Waals surface area contributed by atoms with Crippen LogP contribution in [0.25, 0.3) is 0 Å². The Bertz CT molecular complexity index is 457. The molecule has 0 aliphatic carbocycles. The average molecular weight is 279 g/mol. The molecule has 3 amide bonds. The lowest BCUT2D eigenvalue weighted by molar-refractivity contribution is -0.118. The first-order valence-electron chi connectivity index (χ1n) is 6.53. The summed E-state index contributed by atoms with van der Waals surface area (Å²) < 4.78 is 5.32. The smallest absolute Gasteiger partial charge is 0.312 e. The Balaban J connectivity index is 2.69. The van der Waals surface area contributed by atoms with E-state index in [4.69, 9.17) is 10.5 Å². The van der Waals surface area contributed by atoms with Crippen molar-refractivity contribution in [3.05, 3.63) is 24.3 Å². The van der Waals surface area contributed by atoms with Crippen LogP contribution in [0.3, 0.4) is 0 Å². The molecular formula is C14H21N3O3. The van der Waals surface area contributed by atoms with Gasteiger partial charge in [0, 0.05) is 5.69 Å². The van der Waals surface area contributed by atoms with Crippen molar-refractivity contribution in [3.8, 4) is 5.75 Å². The van der Waals surface area contributed by atoms with E-state index in [-0.39, 0.29) is 11.8 Å². The molecule has 0 heterocycles. The largest absolute Gasteiger partial charge is 0.494 e. The summed E-state index contributed by atoms with van der Waals surface area (Å²) in [5.74, 6) is 0.370. The van der Waals surface area contributed by atoms with Crippen LogP contribution < -0.4 is 21.1 Å². The predicted octanol–water partition coefficient (Wildman–Crippen LogP) is 1.72. The standard InChI is InChI=1S/C14H21N3O3/c1-4-20-11-7-5-10(6-8-11)16-13(18)12(9(2)3)17-14(15)19/h5-9,12H,4H2,1-3H3,(H,16,18)(H3,15,17,19)/t12-/m0/s1. The van der Waals surface area contributed by atoms with Gasteiger partial charge >= 0.3 is 6.03 Å². The summed E-state index contributed by atoms with van der Waals surface area (Å²) in [6, 6.07) is 5.63. The van der Waals surface area contributed by atoms with Gasteiger partial charge in [-0.05, 0) is 37.1 Å². The van der Waals surface area contributed by atoms with Gasteiger partial charge in [-0.25, -0.2) is 4.79 Å². The summed E-state index contributed by atoms with van der Waals surface area (Å²) in [4.78, 5) is 23.0. The fourth-order valence-corrected chi connectivity index (χ4v) is 1.71. The molecule has 110 valence electrons. The molecule has 1 rings (SSSR count). The van der Waals surface area contributed by atoms with E-state index in [1.165, 1.54) is 0 Å². The second kappa shape index (κ2) is 7.37. The normalized spacial score (nSPS) is 11.8. The number of nitrogens with two attached hydrogens (primary N) is 1. The van der Waals surface area contributed by atoms with Crippen LogP contribution in [-0.4, -0.2) is 24.6 Å². The first kappa shape index (κ1) is 15.8. The monoisotopic (exact) mass is 279 g/mol. The molecule has 0 aliphatic heterocycles. The Kier molecular flexibility index (Phi) is 5.83. The summed E-state index contributed by atoms with van der Waals surface area (Å²) in [6.45, 7) is 6.15. The second-order valence-corrected chi connectivity index (χ2v) is 4.68. The van der Waals surface area contributed by atoms with Crippen LogP contribution in [0.4, 0.5) is 10.5 Å². The number of benzene rings is 1. The molecule has 6 nitrogen and oxygen atoms in total. The fourth-order valence-electron chi connectivity index (χ4n) is 1.71. The fraction of sp³-hybridized carbons (Fsp3) is 0.429. The third kappa shape index (κ3) is 4.79. The van der Waals surface area contributed by atoms with E-state index >= 15 is 0 Å². The zero-order valence-electron chi connectivity index (χ0n) is 12.0. The van der Waals surface area contributed by atoms with E-state index in [0.717, 1.165) is 5.75 Å². The number of anilines is 1. The van der Waals surface area contributed by atoms with Crippen LogP contribution in [0, 0.1) is 5.92 Å². The van der Waals surface area contributed by atoms with E-state index in [0.29, 0.717) is 12.3 Å². The van der Waals surface area contributed by atoms with Gasteiger partial charge in [0.2, 0.25) is 5.91 Å². The maximum atomic E-state index is 12.1. The number of rotatable bonds is 6. The SMILES string of the molecule is CCOc1ccc(NC(=O)[C@@H](NC(N)=O)C(C)C)cc1. The van der Waals surface area contributed by atoms with Gasteiger partial charge in [-0.15, -0.1) is 0 Å². The highest BCUT2D eigenvalue weighted by Gasteiger charge is 2.23. The number of urea groups is 1. The Hall–Kier alpha value is -2.24. The van der Waals surface area contributed by atoms with Crippen LogP contribution in [0.5, 0.6) is 5.75 Å². The van der Waals surface area contributed by atoms with E-state index < -0.39 is 12.1 Å². The molecule has 0 spiro atoms. The van der Waals surface area contributed by atoms with Crippen LogP contribution in [0.1, 0.15) is 20.8 Å². The predicted molar refractivity (Wildman–Crippen MR) is 77.6 cm³/mol. The third-order valence-electron chi connectivity index (χ3n) is 2.68. The summed E-state index contributed by atoms with van der Waals surface area (Å²) >= 11 is 0. The number of hydrogen-bond acceptors (Lipinski definition) is 3. The van der Waals surface area contributed by atoms with Gasteiger partial charge in [-0.3, -0.25) is 4.79 Å². The molecule has 6 heteroatoms. The Labute approximate surface area is 118 Å². The Morgan fingerprint density at radius 1 is 1.25 bits per heavy atom. The van der Waals surface area contributed by atoms with Gasteiger partial charge in [0.25, 0.3) is 0 Å². The Morgan fingerprint density at radius 2 is 1.85 bits per heavy atom. The molecule has 0 fully saturated rings. The van der Waals surface area contributed by atoms with Crippen molar-refractivity contribution in [2.24, 2.45) is 11.7 Å². The van der Waals surface area contributed by atoms with Gasteiger partial charge in [-0.1, -0.05) is 13.8 Å². The number of amides is 3. The van der Waals surface area contributed by atoms with Crippen LogP contribution >= 0.6 is 0 Å². The molecule has 0 aromatic heterocycles. The zero-order chi connectivity index (χ0) is 15.1. The molecular weight excluding hydrogens is 258 g/mol. The zero-order valence-corrected chi connectivity index (χ0v) is 12.0. The van der Waals surface area contributed by atoms with Gasteiger partial charge in [0.05, 0.1) is 6.61 Å². The van der Waals surface area contributed by atoms with Gasteiger partial charge in [-0.2, -0.15) is 0 Å². The highest BCUT2D eigenvalue weighted by atomic mass is 16.5. The number of nitrogens with one attached hydrogen (secondary N) is 2. The van der Waals surface area contributed by atoms with Gasteiger partial charge in [0.15, 0.2) is 0 Å². The summed E-state index contributed by atoms with van der Waals surface area (Å²) in [5, 5.41) is 5.17. The minimum atomic E-state index is -0.717. The van der Waals surface area contributed by atoms with Crippen molar-refractivity contribution in [2.75, 3.05) is 11.9 Å². The third-order valence-corrected chi connectivity index (χ3v) is 2.68. The van der Waals surface area contributed by atoms with Crippen molar-refractivity contribution in [1.82, 2.24) is 5.32 Å². The second-order valence-electron chi connectivity index (χ2n) is 4.68. The number of ether oxygens (including phenoxy) is 1. The van der Waals surface area contributed by atoms with Crippen molar-refractivity contribution in [2.45, 2.75) is 26.8 Å². The molecule has 0 radical (unpaired) electrons. The molecule has 0 aliphatic rings. The molecule has 1 aromatic rings.